The minimum Gasteiger partial charge on any atom is -0.299 e. The summed E-state index contributed by atoms with van der Waals surface area (Å²) in [6, 6.07) is 3.44. The standard InChI is InChI=1S/C12H14N4O3S2/c1-7(2)10(17)5-8-3-4-9(14-6-8)11-15-16-12(20-11)21(13,18)19/h3-4,6-7H,5H2,1-2H3,(H2,13,18,19). The topological polar surface area (TPSA) is 116 Å². The van der Waals surface area contributed by atoms with Crippen LogP contribution in [-0.4, -0.2) is 29.4 Å². The van der Waals surface area contributed by atoms with Gasteiger partial charge in [-0.2, -0.15) is 0 Å². The van der Waals surface area contributed by atoms with Gasteiger partial charge in [0, 0.05) is 18.5 Å². The van der Waals surface area contributed by atoms with E-state index in [0.29, 0.717) is 17.1 Å². The molecule has 0 aliphatic rings. The number of Topliss-reactive ketones (excluding diaryl/α,β-unsaturated/α-hetero) is 1. The van der Waals surface area contributed by atoms with Gasteiger partial charge in [0.25, 0.3) is 10.0 Å². The highest BCUT2D eigenvalue weighted by Gasteiger charge is 2.16. The first kappa shape index (κ1) is 15.7. The molecule has 0 amide bonds. The third kappa shape index (κ3) is 3.90. The quantitative estimate of drug-likeness (QED) is 0.876. The Kier molecular flexibility index (Phi) is 4.45. The number of pyridine rings is 1. The van der Waals surface area contributed by atoms with Crippen LogP contribution in [0, 0.1) is 5.92 Å². The Hall–Kier alpha value is -1.71. The van der Waals surface area contributed by atoms with Gasteiger partial charge in [-0.3, -0.25) is 9.78 Å². The molecule has 21 heavy (non-hydrogen) atoms. The van der Waals surface area contributed by atoms with Gasteiger partial charge >= 0.3 is 0 Å². The maximum atomic E-state index is 11.7. The Balaban J connectivity index is 2.19. The van der Waals surface area contributed by atoms with Gasteiger partial charge in [-0.15, -0.1) is 10.2 Å². The molecule has 2 N–H and O–H groups in total. The maximum Gasteiger partial charge on any atom is 0.267 e. The number of carbonyl (C=O) groups excluding carboxylic acids is 1. The third-order valence-corrected chi connectivity index (χ3v) is 4.97. The molecule has 7 nitrogen and oxygen atoms in total. The van der Waals surface area contributed by atoms with Crippen LogP contribution in [0.25, 0.3) is 10.7 Å². The zero-order valence-corrected chi connectivity index (χ0v) is 13.1. The molecular formula is C12H14N4O3S2. The summed E-state index contributed by atoms with van der Waals surface area (Å²) >= 11 is 0.853. The fraction of sp³-hybridized carbons (Fsp3) is 0.333. The van der Waals surface area contributed by atoms with E-state index in [0.717, 1.165) is 16.9 Å². The lowest BCUT2D eigenvalue weighted by Crippen LogP contribution is -2.11. The second kappa shape index (κ2) is 5.96. The summed E-state index contributed by atoms with van der Waals surface area (Å²) in [6.45, 7) is 3.69. The van der Waals surface area contributed by atoms with Crippen molar-refractivity contribution in [1.82, 2.24) is 15.2 Å². The van der Waals surface area contributed by atoms with Crippen LogP contribution in [0.2, 0.25) is 0 Å². The molecule has 0 aliphatic carbocycles. The van der Waals surface area contributed by atoms with Crippen molar-refractivity contribution in [2.75, 3.05) is 0 Å². The van der Waals surface area contributed by atoms with Crippen molar-refractivity contribution in [3.63, 3.8) is 0 Å². The number of carbonyl (C=O) groups is 1. The summed E-state index contributed by atoms with van der Waals surface area (Å²) < 4.78 is 22.0. The number of ketones is 1. The fourth-order valence-electron chi connectivity index (χ4n) is 1.49. The first-order valence-corrected chi connectivity index (χ1v) is 8.48. The molecule has 0 atom stereocenters. The van der Waals surface area contributed by atoms with Crippen LogP contribution < -0.4 is 5.14 Å². The van der Waals surface area contributed by atoms with E-state index in [1.165, 1.54) is 0 Å². The largest absolute Gasteiger partial charge is 0.299 e. The number of hydrogen-bond donors (Lipinski definition) is 1. The van der Waals surface area contributed by atoms with E-state index in [9.17, 15) is 13.2 Å². The van der Waals surface area contributed by atoms with Gasteiger partial charge in [0.05, 0.1) is 0 Å². The molecule has 112 valence electrons. The van der Waals surface area contributed by atoms with Crippen molar-refractivity contribution < 1.29 is 13.2 Å². The van der Waals surface area contributed by atoms with Crippen molar-refractivity contribution in [3.8, 4) is 10.7 Å². The Labute approximate surface area is 126 Å². The lowest BCUT2D eigenvalue weighted by Gasteiger charge is -2.04. The number of sulfonamides is 1. The maximum absolute atomic E-state index is 11.7. The normalized spacial score (nSPS) is 11.8. The molecule has 0 bridgehead atoms. The predicted molar refractivity (Wildman–Crippen MR) is 78.1 cm³/mol. The summed E-state index contributed by atoms with van der Waals surface area (Å²) in [5, 5.41) is 12.6. The van der Waals surface area contributed by atoms with Crippen molar-refractivity contribution in [3.05, 3.63) is 23.9 Å². The Morgan fingerprint density at radius 1 is 1.33 bits per heavy atom. The van der Waals surface area contributed by atoms with Crippen molar-refractivity contribution in [2.24, 2.45) is 11.1 Å². The molecule has 0 saturated heterocycles. The number of aromatic nitrogens is 3. The van der Waals surface area contributed by atoms with Crippen LogP contribution in [0.4, 0.5) is 0 Å². The van der Waals surface area contributed by atoms with Crippen LogP contribution in [0.15, 0.2) is 22.7 Å². The number of nitrogens with two attached hydrogens (primary N) is 1. The molecule has 2 heterocycles. The average molecular weight is 326 g/mol. The number of nitrogens with zero attached hydrogens (tertiary/aromatic N) is 3. The zero-order valence-electron chi connectivity index (χ0n) is 11.5. The lowest BCUT2D eigenvalue weighted by atomic mass is 10.0. The molecule has 0 fully saturated rings. The second-order valence-electron chi connectivity index (χ2n) is 4.77. The van der Waals surface area contributed by atoms with Crippen molar-refractivity contribution >= 4 is 27.1 Å². The summed E-state index contributed by atoms with van der Waals surface area (Å²) in [5.41, 5.74) is 1.29. The highest BCUT2D eigenvalue weighted by Crippen LogP contribution is 2.23. The SMILES string of the molecule is CC(C)C(=O)Cc1ccc(-c2nnc(S(N)(=O)=O)s2)nc1. The van der Waals surface area contributed by atoms with E-state index < -0.39 is 10.0 Å². The van der Waals surface area contributed by atoms with Gasteiger partial charge in [-0.25, -0.2) is 13.6 Å². The van der Waals surface area contributed by atoms with Crippen LogP contribution in [-0.2, 0) is 21.2 Å². The first-order chi connectivity index (χ1) is 9.77. The van der Waals surface area contributed by atoms with E-state index in [1.54, 1.807) is 18.3 Å². The van der Waals surface area contributed by atoms with E-state index in [1.807, 2.05) is 13.8 Å². The van der Waals surface area contributed by atoms with Gasteiger partial charge in [-0.1, -0.05) is 31.3 Å². The van der Waals surface area contributed by atoms with Crippen molar-refractivity contribution in [2.45, 2.75) is 24.6 Å². The van der Waals surface area contributed by atoms with E-state index in [-0.39, 0.29) is 16.0 Å². The minimum absolute atomic E-state index is 0.0230. The molecule has 0 spiro atoms. The van der Waals surface area contributed by atoms with Crippen LogP contribution in [0.5, 0.6) is 0 Å². The Morgan fingerprint density at radius 2 is 2.05 bits per heavy atom. The highest BCUT2D eigenvalue weighted by atomic mass is 32.2. The molecule has 2 rings (SSSR count). The molecule has 2 aromatic rings. The average Bonchev–Trinajstić information content (AvgIpc) is 2.89. The lowest BCUT2D eigenvalue weighted by molar-refractivity contribution is -0.121. The minimum atomic E-state index is -3.85. The summed E-state index contributed by atoms with van der Waals surface area (Å²) in [7, 11) is -3.85. The van der Waals surface area contributed by atoms with Crippen LogP contribution in [0.3, 0.4) is 0 Å². The Morgan fingerprint density at radius 3 is 2.52 bits per heavy atom. The van der Waals surface area contributed by atoms with E-state index in [4.69, 9.17) is 5.14 Å². The number of hydrogen-bond acceptors (Lipinski definition) is 7. The molecule has 2 aromatic heterocycles. The molecule has 0 radical (unpaired) electrons. The molecule has 0 aromatic carbocycles. The van der Waals surface area contributed by atoms with Crippen LogP contribution >= 0.6 is 11.3 Å². The molecule has 0 unspecified atom stereocenters. The Bertz CT molecular complexity index is 751. The van der Waals surface area contributed by atoms with Crippen molar-refractivity contribution in [1.29, 1.82) is 0 Å². The van der Waals surface area contributed by atoms with E-state index >= 15 is 0 Å². The van der Waals surface area contributed by atoms with Gasteiger partial charge < -0.3 is 0 Å². The van der Waals surface area contributed by atoms with Gasteiger partial charge in [-0.05, 0) is 11.6 Å². The second-order valence-corrected chi connectivity index (χ2v) is 7.48. The zero-order chi connectivity index (χ0) is 15.6. The highest BCUT2D eigenvalue weighted by molar-refractivity contribution is 7.91. The monoisotopic (exact) mass is 326 g/mol. The van der Waals surface area contributed by atoms with Crippen LogP contribution in [0.1, 0.15) is 19.4 Å². The molecule has 0 aliphatic heterocycles. The molecule has 0 saturated carbocycles. The van der Waals surface area contributed by atoms with Gasteiger partial charge in [0.15, 0.2) is 5.01 Å². The first-order valence-electron chi connectivity index (χ1n) is 6.11. The van der Waals surface area contributed by atoms with Gasteiger partial charge in [0.1, 0.15) is 11.5 Å². The fourth-order valence-corrected chi connectivity index (χ4v) is 2.90. The smallest absolute Gasteiger partial charge is 0.267 e. The number of primary sulfonamides is 1. The predicted octanol–water partition coefficient (Wildman–Crippen LogP) is 1.02. The third-order valence-electron chi connectivity index (χ3n) is 2.72. The van der Waals surface area contributed by atoms with Gasteiger partial charge in [0.2, 0.25) is 4.34 Å². The number of rotatable bonds is 5. The van der Waals surface area contributed by atoms with E-state index in [2.05, 4.69) is 15.2 Å². The molecular weight excluding hydrogens is 312 g/mol. The summed E-state index contributed by atoms with van der Waals surface area (Å²) in [4.78, 5) is 15.8. The summed E-state index contributed by atoms with van der Waals surface area (Å²) in [5.74, 6) is 0.113. The summed E-state index contributed by atoms with van der Waals surface area (Å²) in [6.07, 6.45) is 1.90. The molecule has 9 heteroatoms.